The average Bonchev–Trinajstić information content (AvgIpc) is 2.87. The number of aryl methyl sites for hydroxylation is 1. The number of aromatic nitrogens is 1. The van der Waals surface area contributed by atoms with Crippen LogP contribution < -0.4 is 5.73 Å². The molecule has 0 radical (unpaired) electrons. The standard InChI is InChI=1S/C18H24N2O2S/c1-5-18(2,3)11-6-7-13-10(8-11)9-12-14(19)15(17(21)22-4)23-16(12)20-13/h9,11H,5-8,19H2,1-4H3. The van der Waals surface area contributed by atoms with E-state index < -0.39 is 0 Å². The zero-order valence-corrected chi connectivity index (χ0v) is 15.0. The van der Waals surface area contributed by atoms with Gasteiger partial charge < -0.3 is 10.5 Å². The molecule has 4 nitrogen and oxygen atoms in total. The van der Waals surface area contributed by atoms with E-state index in [0.717, 1.165) is 23.1 Å². The summed E-state index contributed by atoms with van der Waals surface area (Å²) < 4.78 is 4.81. The summed E-state index contributed by atoms with van der Waals surface area (Å²) in [5.41, 5.74) is 9.46. The van der Waals surface area contributed by atoms with Crippen LogP contribution in [0.15, 0.2) is 6.07 Å². The maximum absolute atomic E-state index is 11.8. The van der Waals surface area contributed by atoms with E-state index in [1.54, 1.807) is 0 Å². The molecule has 0 aliphatic heterocycles. The molecule has 0 spiro atoms. The number of rotatable bonds is 3. The zero-order chi connectivity index (χ0) is 16.8. The van der Waals surface area contributed by atoms with Crippen molar-refractivity contribution in [3.63, 3.8) is 0 Å². The van der Waals surface area contributed by atoms with Gasteiger partial charge in [-0.15, -0.1) is 11.3 Å². The monoisotopic (exact) mass is 332 g/mol. The molecule has 0 bridgehead atoms. The third kappa shape index (κ3) is 2.71. The summed E-state index contributed by atoms with van der Waals surface area (Å²) in [5, 5.41) is 0.893. The minimum atomic E-state index is -0.381. The second-order valence-electron chi connectivity index (χ2n) is 7.07. The van der Waals surface area contributed by atoms with E-state index in [9.17, 15) is 4.79 Å². The molecule has 1 aliphatic rings. The maximum atomic E-state index is 11.8. The molecule has 0 saturated carbocycles. The number of nitrogens with zero attached hydrogens (tertiary/aromatic N) is 1. The summed E-state index contributed by atoms with van der Waals surface area (Å²) in [6, 6.07) is 2.15. The number of thiophene rings is 1. The molecule has 1 aliphatic carbocycles. The van der Waals surface area contributed by atoms with Crippen molar-refractivity contribution in [2.24, 2.45) is 11.3 Å². The highest BCUT2D eigenvalue weighted by atomic mass is 32.1. The summed E-state index contributed by atoms with van der Waals surface area (Å²) in [4.78, 5) is 17.9. The van der Waals surface area contributed by atoms with Crippen molar-refractivity contribution in [3.05, 3.63) is 22.2 Å². The number of carbonyl (C=O) groups is 1. The Balaban J connectivity index is 2.03. The van der Waals surface area contributed by atoms with E-state index in [0.29, 0.717) is 21.9 Å². The Bertz CT molecular complexity index is 764. The number of methoxy groups -OCH3 is 1. The summed E-state index contributed by atoms with van der Waals surface area (Å²) in [7, 11) is 1.38. The van der Waals surface area contributed by atoms with Crippen LogP contribution in [-0.2, 0) is 17.6 Å². The molecule has 2 aromatic heterocycles. The highest BCUT2D eigenvalue weighted by Crippen LogP contribution is 2.41. The average molecular weight is 332 g/mol. The molecule has 0 aromatic carbocycles. The highest BCUT2D eigenvalue weighted by molar-refractivity contribution is 7.21. The van der Waals surface area contributed by atoms with Crippen LogP contribution in [0.25, 0.3) is 10.2 Å². The van der Waals surface area contributed by atoms with Gasteiger partial charge in [0.15, 0.2) is 0 Å². The van der Waals surface area contributed by atoms with Crippen molar-refractivity contribution in [1.29, 1.82) is 0 Å². The number of hydrogen-bond donors (Lipinski definition) is 1. The molecule has 1 unspecified atom stereocenters. The molecule has 0 fully saturated rings. The molecular formula is C18H24N2O2S. The number of anilines is 1. The Morgan fingerprint density at radius 2 is 2.26 bits per heavy atom. The highest BCUT2D eigenvalue weighted by Gasteiger charge is 2.32. The normalized spacial score (nSPS) is 18.0. The van der Waals surface area contributed by atoms with Crippen LogP contribution >= 0.6 is 11.3 Å². The Kier molecular flexibility index (Phi) is 4.08. The number of carbonyl (C=O) groups excluding carboxylic acids is 1. The fourth-order valence-corrected chi connectivity index (χ4v) is 4.40. The molecule has 3 rings (SSSR count). The number of esters is 1. The summed E-state index contributed by atoms with van der Waals surface area (Å²) in [6.45, 7) is 6.96. The number of nitrogens with two attached hydrogens (primary N) is 1. The Labute approximate surface area is 141 Å². The minimum absolute atomic E-state index is 0.337. The summed E-state index contributed by atoms with van der Waals surface area (Å²) in [5.74, 6) is 0.285. The molecule has 2 N–H and O–H groups in total. The molecule has 0 amide bonds. The van der Waals surface area contributed by atoms with E-state index in [4.69, 9.17) is 15.5 Å². The minimum Gasteiger partial charge on any atom is -0.465 e. The number of hydrogen-bond acceptors (Lipinski definition) is 5. The molecule has 5 heteroatoms. The van der Waals surface area contributed by atoms with Crippen LogP contribution in [0, 0.1) is 11.3 Å². The Hall–Kier alpha value is -1.62. The largest absolute Gasteiger partial charge is 0.465 e. The zero-order valence-electron chi connectivity index (χ0n) is 14.2. The van der Waals surface area contributed by atoms with Crippen molar-refractivity contribution in [1.82, 2.24) is 4.98 Å². The predicted molar refractivity (Wildman–Crippen MR) is 95.0 cm³/mol. The van der Waals surface area contributed by atoms with Crippen molar-refractivity contribution in [2.75, 3.05) is 12.8 Å². The first-order chi connectivity index (χ1) is 10.9. The number of nitrogen functional groups attached to an aromatic ring is 1. The molecule has 2 aromatic rings. The van der Waals surface area contributed by atoms with Crippen LogP contribution in [-0.4, -0.2) is 18.1 Å². The van der Waals surface area contributed by atoms with Crippen molar-refractivity contribution >= 4 is 33.2 Å². The fraction of sp³-hybridized carbons (Fsp3) is 0.556. The van der Waals surface area contributed by atoms with E-state index in [1.165, 1.54) is 42.5 Å². The van der Waals surface area contributed by atoms with Gasteiger partial charge in [-0.05, 0) is 42.2 Å². The first-order valence-corrected chi connectivity index (χ1v) is 8.98. The quantitative estimate of drug-likeness (QED) is 0.855. The van der Waals surface area contributed by atoms with Crippen molar-refractivity contribution in [3.8, 4) is 0 Å². The van der Waals surface area contributed by atoms with Gasteiger partial charge in [0.05, 0.1) is 12.8 Å². The number of pyridine rings is 1. The lowest BCUT2D eigenvalue weighted by molar-refractivity contribution is 0.0607. The third-order valence-electron chi connectivity index (χ3n) is 5.47. The lowest BCUT2D eigenvalue weighted by Gasteiger charge is -2.36. The molecule has 23 heavy (non-hydrogen) atoms. The summed E-state index contributed by atoms with van der Waals surface area (Å²) >= 11 is 1.33. The molecule has 1 atom stereocenters. The van der Waals surface area contributed by atoms with E-state index in [2.05, 4.69) is 26.8 Å². The van der Waals surface area contributed by atoms with E-state index >= 15 is 0 Å². The van der Waals surface area contributed by atoms with Gasteiger partial charge in [0.2, 0.25) is 0 Å². The van der Waals surface area contributed by atoms with Gasteiger partial charge in [-0.3, -0.25) is 0 Å². The van der Waals surface area contributed by atoms with Crippen molar-refractivity contribution in [2.45, 2.75) is 46.5 Å². The topological polar surface area (TPSA) is 65.2 Å². The number of fused-ring (bicyclic) bond motifs is 2. The second kappa shape index (κ2) is 5.78. The van der Waals surface area contributed by atoms with Gasteiger partial charge in [-0.2, -0.15) is 0 Å². The van der Waals surface area contributed by atoms with Gasteiger partial charge in [-0.1, -0.05) is 27.2 Å². The van der Waals surface area contributed by atoms with Crippen LogP contribution in [0.3, 0.4) is 0 Å². The van der Waals surface area contributed by atoms with Crippen LogP contribution in [0.1, 0.15) is 54.5 Å². The Morgan fingerprint density at radius 3 is 2.91 bits per heavy atom. The first-order valence-electron chi connectivity index (χ1n) is 8.16. The van der Waals surface area contributed by atoms with Gasteiger partial charge >= 0.3 is 5.97 Å². The SMILES string of the molecule is CCC(C)(C)C1CCc2nc3sc(C(=O)OC)c(N)c3cc2C1. The van der Waals surface area contributed by atoms with Crippen molar-refractivity contribution < 1.29 is 9.53 Å². The fourth-order valence-electron chi connectivity index (χ4n) is 3.39. The van der Waals surface area contributed by atoms with E-state index in [-0.39, 0.29) is 5.97 Å². The molecule has 124 valence electrons. The Morgan fingerprint density at radius 1 is 1.52 bits per heavy atom. The van der Waals surface area contributed by atoms with Crippen LogP contribution in [0.5, 0.6) is 0 Å². The maximum Gasteiger partial charge on any atom is 0.350 e. The summed E-state index contributed by atoms with van der Waals surface area (Å²) in [6.07, 6.45) is 4.40. The van der Waals surface area contributed by atoms with E-state index in [1.807, 2.05) is 0 Å². The van der Waals surface area contributed by atoms with Gasteiger partial charge in [0.1, 0.15) is 9.71 Å². The predicted octanol–water partition coefficient (Wildman–Crippen LogP) is 4.21. The molecule has 2 heterocycles. The number of ether oxygens (including phenoxy) is 1. The molecular weight excluding hydrogens is 308 g/mol. The van der Waals surface area contributed by atoms with Gasteiger partial charge in [0, 0.05) is 11.1 Å². The lowest BCUT2D eigenvalue weighted by atomic mass is 9.69. The van der Waals surface area contributed by atoms with Crippen LogP contribution in [0.2, 0.25) is 0 Å². The third-order valence-corrected chi connectivity index (χ3v) is 6.57. The first kappa shape index (κ1) is 16.2. The molecule has 0 saturated heterocycles. The van der Waals surface area contributed by atoms with Gasteiger partial charge in [-0.25, -0.2) is 9.78 Å². The van der Waals surface area contributed by atoms with Gasteiger partial charge in [0.25, 0.3) is 0 Å². The van der Waals surface area contributed by atoms with Crippen LogP contribution in [0.4, 0.5) is 5.69 Å². The lowest BCUT2D eigenvalue weighted by Crippen LogP contribution is -2.29. The second-order valence-corrected chi connectivity index (χ2v) is 8.06. The smallest absolute Gasteiger partial charge is 0.350 e.